The first-order valence-corrected chi connectivity index (χ1v) is 7.30. The smallest absolute Gasteiger partial charge is 0.387 e. The monoisotopic (exact) mass is 324 g/mol. The van der Waals surface area contributed by atoms with Crippen molar-refractivity contribution in [3.63, 3.8) is 0 Å². The first-order chi connectivity index (χ1) is 10.9. The summed E-state index contributed by atoms with van der Waals surface area (Å²) >= 11 is 0. The van der Waals surface area contributed by atoms with Gasteiger partial charge in [0.1, 0.15) is 6.04 Å². The standard InChI is InChI=1S/C17H19F3N2O/c1-12-4-2-3-5-14(12)15(23)11-22-16(17(18,19)20)10-13-6-8-21-9-7-13/h2-9,15-16,22-23H,10-11H2,1H3. The molecule has 1 aromatic carbocycles. The van der Waals surface area contributed by atoms with Crippen LogP contribution in [-0.2, 0) is 6.42 Å². The second-order valence-corrected chi connectivity index (χ2v) is 5.43. The molecule has 1 heterocycles. The number of halogens is 3. The third-order valence-corrected chi connectivity index (χ3v) is 3.69. The van der Waals surface area contributed by atoms with Gasteiger partial charge in [0, 0.05) is 18.9 Å². The van der Waals surface area contributed by atoms with Crippen LogP contribution in [0.5, 0.6) is 0 Å². The lowest BCUT2D eigenvalue weighted by atomic mass is 10.0. The summed E-state index contributed by atoms with van der Waals surface area (Å²) < 4.78 is 39.5. The molecule has 0 spiro atoms. The number of alkyl halides is 3. The minimum Gasteiger partial charge on any atom is -0.387 e. The van der Waals surface area contributed by atoms with Crippen molar-refractivity contribution in [2.24, 2.45) is 0 Å². The summed E-state index contributed by atoms with van der Waals surface area (Å²) in [6, 6.07) is 8.49. The van der Waals surface area contributed by atoms with Crippen molar-refractivity contribution in [1.82, 2.24) is 10.3 Å². The van der Waals surface area contributed by atoms with Crippen molar-refractivity contribution < 1.29 is 18.3 Å². The zero-order valence-electron chi connectivity index (χ0n) is 12.7. The number of benzene rings is 1. The van der Waals surface area contributed by atoms with E-state index in [-0.39, 0.29) is 13.0 Å². The molecule has 2 atom stereocenters. The van der Waals surface area contributed by atoms with E-state index in [4.69, 9.17) is 0 Å². The van der Waals surface area contributed by atoms with E-state index in [1.54, 1.807) is 24.3 Å². The van der Waals surface area contributed by atoms with Crippen LogP contribution in [0.4, 0.5) is 13.2 Å². The average molecular weight is 324 g/mol. The number of aliphatic hydroxyl groups is 1. The van der Waals surface area contributed by atoms with E-state index in [2.05, 4.69) is 10.3 Å². The zero-order valence-corrected chi connectivity index (χ0v) is 12.7. The van der Waals surface area contributed by atoms with E-state index in [0.29, 0.717) is 11.1 Å². The van der Waals surface area contributed by atoms with Gasteiger partial charge in [0.05, 0.1) is 6.10 Å². The van der Waals surface area contributed by atoms with Gasteiger partial charge in [0.25, 0.3) is 0 Å². The Balaban J connectivity index is 2.03. The molecule has 3 nitrogen and oxygen atoms in total. The van der Waals surface area contributed by atoms with Gasteiger partial charge in [0.15, 0.2) is 0 Å². The normalized spacial score (nSPS) is 14.5. The minimum absolute atomic E-state index is 0.167. The Morgan fingerprint density at radius 2 is 1.78 bits per heavy atom. The Kier molecular flexibility index (Phi) is 5.74. The predicted octanol–water partition coefficient (Wildman–Crippen LogP) is 3.19. The van der Waals surface area contributed by atoms with Crippen LogP contribution in [0.15, 0.2) is 48.8 Å². The van der Waals surface area contributed by atoms with Crippen LogP contribution in [0, 0.1) is 6.92 Å². The highest BCUT2D eigenvalue weighted by Gasteiger charge is 2.39. The maximum Gasteiger partial charge on any atom is 0.404 e. The quantitative estimate of drug-likeness (QED) is 0.858. The van der Waals surface area contributed by atoms with Gasteiger partial charge in [-0.3, -0.25) is 4.98 Å². The number of aliphatic hydroxyl groups excluding tert-OH is 1. The van der Waals surface area contributed by atoms with Gasteiger partial charge >= 0.3 is 6.18 Å². The molecule has 0 fully saturated rings. The fraction of sp³-hybridized carbons (Fsp3) is 0.353. The van der Waals surface area contributed by atoms with Gasteiger partial charge in [-0.15, -0.1) is 0 Å². The van der Waals surface area contributed by atoms with Crippen LogP contribution in [0.3, 0.4) is 0 Å². The van der Waals surface area contributed by atoms with Crippen molar-refractivity contribution in [1.29, 1.82) is 0 Å². The number of pyridine rings is 1. The van der Waals surface area contributed by atoms with E-state index >= 15 is 0 Å². The Hall–Kier alpha value is -1.92. The molecule has 2 N–H and O–H groups in total. The molecule has 124 valence electrons. The fourth-order valence-electron chi connectivity index (χ4n) is 2.38. The Bertz CT molecular complexity index is 617. The SMILES string of the molecule is Cc1ccccc1C(O)CNC(Cc1ccncc1)C(F)(F)F. The molecule has 0 aliphatic rings. The van der Waals surface area contributed by atoms with Gasteiger partial charge in [-0.1, -0.05) is 24.3 Å². The fourth-order valence-corrected chi connectivity index (χ4v) is 2.38. The Morgan fingerprint density at radius 1 is 1.13 bits per heavy atom. The molecule has 0 aliphatic heterocycles. The number of hydrogen-bond acceptors (Lipinski definition) is 3. The molecule has 0 aliphatic carbocycles. The Labute approximate surface area is 133 Å². The topological polar surface area (TPSA) is 45.1 Å². The van der Waals surface area contributed by atoms with Crippen LogP contribution < -0.4 is 5.32 Å². The molecule has 2 rings (SSSR count). The summed E-state index contributed by atoms with van der Waals surface area (Å²) in [6.07, 6.45) is -2.66. The maximum atomic E-state index is 13.2. The molecule has 23 heavy (non-hydrogen) atoms. The molecule has 0 saturated carbocycles. The third-order valence-electron chi connectivity index (χ3n) is 3.69. The van der Waals surface area contributed by atoms with Crippen LogP contribution in [0.2, 0.25) is 0 Å². The molecule has 0 bridgehead atoms. The predicted molar refractivity (Wildman–Crippen MR) is 81.9 cm³/mol. The van der Waals surface area contributed by atoms with Crippen molar-refractivity contribution in [3.05, 3.63) is 65.5 Å². The first-order valence-electron chi connectivity index (χ1n) is 7.30. The van der Waals surface area contributed by atoms with E-state index in [0.717, 1.165) is 5.56 Å². The van der Waals surface area contributed by atoms with Crippen LogP contribution in [0.25, 0.3) is 0 Å². The van der Waals surface area contributed by atoms with Crippen molar-refractivity contribution >= 4 is 0 Å². The van der Waals surface area contributed by atoms with Crippen molar-refractivity contribution in [3.8, 4) is 0 Å². The van der Waals surface area contributed by atoms with Gasteiger partial charge in [-0.25, -0.2) is 0 Å². The summed E-state index contributed by atoms with van der Waals surface area (Å²) in [5.74, 6) is 0. The molecule has 2 unspecified atom stereocenters. The lowest BCUT2D eigenvalue weighted by Gasteiger charge is -2.24. The summed E-state index contributed by atoms with van der Waals surface area (Å²) in [5, 5.41) is 12.6. The number of rotatable bonds is 6. The molecule has 0 amide bonds. The molecule has 0 saturated heterocycles. The third kappa shape index (κ3) is 5.04. The van der Waals surface area contributed by atoms with E-state index in [9.17, 15) is 18.3 Å². The van der Waals surface area contributed by atoms with Gasteiger partial charge in [-0.2, -0.15) is 13.2 Å². The Morgan fingerprint density at radius 3 is 2.39 bits per heavy atom. The van der Waals surface area contributed by atoms with Crippen molar-refractivity contribution in [2.75, 3.05) is 6.54 Å². The average Bonchev–Trinajstić information content (AvgIpc) is 2.51. The molecule has 2 aromatic rings. The number of aromatic nitrogens is 1. The van der Waals surface area contributed by atoms with Gasteiger partial charge in [0.2, 0.25) is 0 Å². The zero-order chi connectivity index (χ0) is 16.9. The minimum atomic E-state index is -4.39. The summed E-state index contributed by atoms with van der Waals surface area (Å²) in [5.41, 5.74) is 2.02. The number of nitrogens with zero attached hydrogens (tertiary/aromatic N) is 1. The lowest BCUT2D eigenvalue weighted by Crippen LogP contribution is -2.45. The van der Waals surface area contributed by atoms with Gasteiger partial charge in [-0.05, 0) is 42.2 Å². The molecule has 1 aromatic heterocycles. The van der Waals surface area contributed by atoms with Crippen LogP contribution >= 0.6 is 0 Å². The lowest BCUT2D eigenvalue weighted by molar-refractivity contribution is -0.156. The largest absolute Gasteiger partial charge is 0.404 e. The summed E-state index contributed by atoms with van der Waals surface area (Å²) in [4.78, 5) is 3.80. The molecular weight excluding hydrogens is 305 g/mol. The molecule has 0 radical (unpaired) electrons. The van der Waals surface area contributed by atoms with Crippen molar-refractivity contribution in [2.45, 2.75) is 31.7 Å². The number of aryl methyl sites for hydroxylation is 1. The van der Waals surface area contributed by atoms with E-state index in [1.807, 2.05) is 19.1 Å². The second kappa shape index (κ2) is 7.57. The first kappa shape index (κ1) is 17.4. The highest BCUT2D eigenvalue weighted by atomic mass is 19.4. The second-order valence-electron chi connectivity index (χ2n) is 5.43. The highest BCUT2D eigenvalue weighted by Crippen LogP contribution is 2.24. The van der Waals surface area contributed by atoms with E-state index in [1.165, 1.54) is 12.4 Å². The molecular formula is C17H19F3N2O. The summed E-state index contributed by atoms with van der Waals surface area (Å²) in [6.45, 7) is 1.65. The highest BCUT2D eigenvalue weighted by molar-refractivity contribution is 5.27. The van der Waals surface area contributed by atoms with Gasteiger partial charge < -0.3 is 10.4 Å². The van der Waals surface area contributed by atoms with E-state index < -0.39 is 18.3 Å². The van der Waals surface area contributed by atoms with Crippen LogP contribution in [0.1, 0.15) is 22.8 Å². The maximum absolute atomic E-state index is 13.2. The number of hydrogen-bond donors (Lipinski definition) is 2. The number of nitrogens with one attached hydrogen (secondary N) is 1. The molecule has 6 heteroatoms. The summed E-state index contributed by atoms with van der Waals surface area (Å²) in [7, 11) is 0. The van der Waals surface area contributed by atoms with Crippen LogP contribution in [-0.4, -0.2) is 28.9 Å².